The fraction of sp³-hybridized carbons (Fsp3) is 0.389. The van der Waals surface area contributed by atoms with Gasteiger partial charge in [0.05, 0.1) is 24.5 Å². The van der Waals surface area contributed by atoms with Crippen molar-refractivity contribution in [2.45, 2.75) is 39.3 Å². The van der Waals surface area contributed by atoms with Crippen molar-refractivity contribution in [3.63, 3.8) is 0 Å². The summed E-state index contributed by atoms with van der Waals surface area (Å²) < 4.78 is 5.84. The predicted octanol–water partition coefficient (Wildman–Crippen LogP) is 2.97. The summed E-state index contributed by atoms with van der Waals surface area (Å²) >= 11 is 0. The third kappa shape index (κ3) is 5.03. The molecule has 0 aliphatic heterocycles. The summed E-state index contributed by atoms with van der Waals surface area (Å²) in [6.45, 7) is 8.05. The smallest absolute Gasteiger partial charge is 0.180 e. The molecule has 0 fully saturated rings. The highest BCUT2D eigenvalue weighted by atomic mass is 16.5. The SMILES string of the molecule is C=Cc1ncc(OCc2cccc(C)n2)c(N[C@H](CO)CCC)n1. The molecule has 2 aromatic heterocycles. The predicted molar refractivity (Wildman–Crippen MR) is 94.8 cm³/mol. The van der Waals surface area contributed by atoms with Gasteiger partial charge in [0.1, 0.15) is 6.61 Å². The molecule has 128 valence electrons. The van der Waals surface area contributed by atoms with E-state index in [1.165, 1.54) is 0 Å². The van der Waals surface area contributed by atoms with Crippen molar-refractivity contribution >= 4 is 11.9 Å². The average Bonchev–Trinajstić information content (AvgIpc) is 2.60. The Hall–Kier alpha value is -2.47. The number of aryl methyl sites for hydroxylation is 1. The number of pyridine rings is 1. The summed E-state index contributed by atoms with van der Waals surface area (Å²) in [4.78, 5) is 13.0. The van der Waals surface area contributed by atoms with Gasteiger partial charge in [-0.2, -0.15) is 0 Å². The summed E-state index contributed by atoms with van der Waals surface area (Å²) in [5.74, 6) is 1.59. The molecule has 0 bridgehead atoms. The third-order valence-electron chi connectivity index (χ3n) is 3.48. The Bertz CT molecular complexity index is 676. The van der Waals surface area contributed by atoms with E-state index in [1.807, 2.05) is 25.1 Å². The van der Waals surface area contributed by atoms with Crippen LogP contribution in [0.4, 0.5) is 5.82 Å². The number of ether oxygens (including phenoxy) is 1. The van der Waals surface area contributed by atoms with Gasteiger partial charge in [0.15, 0.2) is 17.4 Å². The third-order valence-corrected chi connectivity index (χ3v) is 3.48. The molecule has 0 amide bonds. The van der Waals surface area contributed by atoms with Crippen LogP contribution in [0.15, 0.2) is 31.0 Å². The van der Waals surface area contributed by atoms with Gasteiger partial charge in [-0.25, -0.2) is 9.97 Å². The van der Waals surface area contributed by atoms with Gasteiger partial charge in [-0.1, -0.05) is 26.0 Å². The molecule has 2 N–H and O–H groups in total. The fourth-order valence-electron chi connectivity index (χ4n) is 2.27. The minimum atomic E-state index is -0.0815. The molecule has 6 heteroatoms. The van der Waals surface area contributed by atoms with Crippen molar-refractivity contribution in [3.8, 4) is 5.75 Å². The maximum atomic E-state index is 9.50. The van der Waals surface area contributed by atoms with Gasteiger partial charge in [-0.3, -0.25) is 4.98 Å². The number of aliphatic hydroxyl groups is 1. The van der Waals surface area contributed by atoms with Crippen molar-refractivity contribution in [3.05, 3.63) is 48.2 Å². The summed E-state index contributed by atoms with van der Waals surface area (Å²) in [5, 5.41) is 12.7. The number of aromatic nitrogens is 3. The minimum Gasteiger partial charge on any atom is -0.482 e. The second kappa shape index (κ2) is 8.98. The normalized spacial score (nSPS) is 11.8. The lowest BCUT2D eigenvalue weighted by Crippen LogP contribution is -2.24. The van der Waals surface area contributed by atoms with E-state index >= 15 is 0 Å². The van der Waals surface area contributed by atoms with Gasteiger partial charge in [0, 0.05) is 5.69 Å². The lowest BCUT2D eigenvalue weighted by Gasteiger charge is -2.18. The summed E-state index contributed by atoms with van der Waals surface area (Å²) in [7, 11) is 0. The summed E-state index contributed by atoms with van der Waals surface area (Å²) in [6, 6.07) is 5.71. The van der Waals surface area contributed by atoms with E-state index in [2.05, 4.69) is 33.8 Å². The number of hydrogen-bond donors (Lipinski definition) is 2. The Balaban J connectivity index is 2.16. The first kappa shape index (κ1) is 17.9. The highest BCUT2D eigenvalue weighted by Crippen LogP contribution is 2.23. The number of anilines is 1. The van der Waals surface area contributed by atoms with Crippen LogP contribution in [0, 0.1) is 6.92 Å². The molecule has 0 aliphatic rings. The number of nitrogens with one attached hydrogen (secondary N) is 1. The van der Waals surface area contributed by atoms with Crippen LogP contribution in [0.25, 0.3) is 6.08 Å². The molecule has 0 aliphatic carbocycles. The molecule has 24 heavy (non-hydrogen) atoms. The number of hydrogen-bond acceptors (Lipinski definition) is 6. The van der Waals surface area contributed by atoms with Crippen LogP contribution < -0.4 is 10.1 Å². The molecule has 0 aromatic carbocycles. The zero-order chi connectivity index (χ0) is 17.4. The molecule has 1 atom stereocenters. The molecule has 2 rings (SSSR count). The fourth-order valence-corrected chi connectivity index (χ4v) is 2.27. The Labute approximate surface area is 142 Å². The first-order valence-electron chi connectivity index (χ1n) is 8.08. The molecule has 6 nitrogen and oxygen atoms in total. The topological polar surface area (TPSA) is 80.2 Å². The van der Waals surface area contributed by atoms with E-state index in [0.717, 1.165) is 24.2 Å². The number of rotatable bonds is 9. The largest absolute Gasteiger partial charge is 0.482 e. The Morgan fingerprint density at radius 2 is 2.21 bits per heavy atom. The second-order valence-electron chi connectivity index (χ2n) is 5.52. The molecule has 0 radical (unpaired) electrons. The van der Waals surface area contributed by atoms with Crippen molar-refractivity contribution < 1.29 is 9.84 Å². The highest BCUT2D eigenvalue weighted by molar-refractivity contribution is 5.52. The van der Waals surface area contributed by atoms with E-state index in [9.17, 15) is 5.11 Å². The molecule has 0 spiro atoms. The highest BCUT2D eigenvalue weighted by Gasteiger charge is 2.13. The molecule has 2 heterocycles. The van der Waals surface area contributed by atoms with Crippen molar-refractivity contribution in [1.82, 2.24) is 15.0 Å². The Morgan fingerprint density at radius 1 is 1.38 bits per heavy atom. The first-order valence-corrected chi connectivity index (χ1v) is 8.08. The van der Waals surface area contributed by atoms with Gasteiger partial charge in [-0.15, -0.1) is 0 Å². The molecule has 0 unspecified atom stereocenters. The van der Waals surface area contributed by atoms with Crippen molar-refractivity contribution in [1.29, 1.82) is 0 Å². The number of nitrogens with zero attached hydrogens (tertiary/aromatic N) is 3. The second-order valence-corrected chi connectivity index (χ2v) is 5.52. The van der Waals surface area contributed by atoms with Crippen LogP contribution in [0.2, 0.25) is 0 Å². The van der Waals surface area contributed by atoms with E-state index in [0.29, 0.717) is 24.0 Å². The zero-order valence-corrected chi connectivity index (χ0v) is 14.2. The molecule has 0 saturated heterocycles. The number of aliphatic hydroxyl groups excluding tert-OH is 1. The van der Waals surface area contributed by atoms with Crippen molar-refractivity contribution in [2.75, 3.05) is 11.9 Å². The summed E-state index contributed by atoms with van der Waals surface area (Å²) in [6.07, 6.45) is 4.98. The minimum absolute atomic E-state index is 0.0279. The van der Waals surface area contributed by atoms with Crippen LogP contribution in [-0.2, 0) is 6.61 Å². The Morgan fingerprint density at radius 3 is 2.88 bits per heavy atom. The molecule has 2 aromatic rings. The van der Waals surface area contributed by atoms with Gasteiger partial charge in [0.25, 0.3) is 0 Å². The maximum absolute atomic E-state index is 9.50. The van der Waals surface area contributed by atoms with Crippen LogP contribution >= 0.6 is 0 Å². The molecular formula is C18H24N4O2. The van der Waals surface area contributed by atoms with Gasteiger partial charge in [-0.05, 0) is 31.6 Å². The van der Waals surface area contributed by atoms with Crippen LogP contribution in [-0.4, -0.2) is 32.7 Å². The van der Waals surface area contributed by atoms with Crippen LogP contribution in [0.3, 0.4) is 0 Å². The molecule has 0 saturated carbocycles. The first-order chi connectivity index (χ1) is 11.7. The average molecular weight is 328 g/mol. The van der Waals surface area contributed by atoms with Crippen LogP contribution in [0.1, 0.15) is 37.0 Å². The zero-order valence-electron chi connectivity index (χ0n) is 14.2. The van der Waals surface area contributed by atoms with Crippen molar-refractivity contribution in [2.24, 2.45) is 0 Å². The van der Waals surface area contributed by atoms with Gasteiger partial charge in [0.2, 0.25) is 0 Å². The van der Waals surface area contributed by atoms with E-state index in [-0.39, 0.29) is 12.6 Å². The van der Waals surface area contributed by atoms with Crippen LogP contribution in [0.5, 0.6) is 5.75 Å². The molecular weight excluding hydrogens is 304 g/mol. The lowest BCUT2D eigenvalue weighted by atomic mass is 10.2. The monoisotopic (exact) mass is 328 g/mol. The van der Waals surface area contributed by atoms with E-state index < -0.39 is 0 Å². The lowest BCUT2D eigenvalue weighted by molar-refractivity contribution is 0.266. The maximum Gasteiger partial charge on any atom is 0.180 e. The van der Waals surface area contributed by atoms with E-state index in [4.69, 9.17) is 4.74 Å². The van der Waals surface area contributed by atoms with Gasteiger partial charge >= 0.3 is 0 Å². The van der Waals surface area contributed by atoms with Gasteiger partial charge < -0.3 is 15.2 Å². The Kier molecular flexibility index (Phi) is 6.69. The quantitative estimate of drug-likeness (QED) is 0.736. The van der Waals surface area contributed by atoms with E-state index in [1.54, 1.807) is 12.3 Å². The summed E-state index contributed by atoms with van der Waals surface area (Å²) in [5.41, 5.74) is 1.78. The standard InChI is InChI=1S/C18H24N4O2/c1-4-7-14(11-23)21-18-16(10-19-17(5-2)22-18)24-12-15-9-6-8-13(3)20-15/h5-6,8-10,14,23H,2,4,7,11-12H2,1,3H3,(H,19,21,22)/t14-/m0/s1.